The molecule has 0 saturated heterocycles. The number of benzene rings is 2. The third-order valence-electron chi connectivity index (χ3n) is 5.25. The normalized spacial score (nSPS) is 13.8. The van der Waals surface area contributed by atoms with Gasteiger partial charge in [-0.2, -0.15) is 0 Å². The highest BCUT2D eigenvalue weighted by molar-refractivity contribution is 6.33. The number of carbonyl (C=O) groups is 1. The maximum atomic E-state index is 12.9. The fraction of sp³-hybridized carbons (Fsp3) is 0.318. The number of para-hydroxylation sites is 1. The minimum absolute atomic E-state index is 0.0519. The SMILES string of the molecule is Cc1ccc2c(=O)[nH]c(CN(CC(=O)N(C)c3ccccc3Cl)C3CC3)nc2c1. The van der Waals surface area contributed by atoms with Crippen molar-refractivity contribution in [1.29, 1.82) is 0 Å². The molecule has 2 aromatic carbocycles. The van der Waals surface area contributed by atoms with E-state index in [4.69, 9.17) is 11.6 Å². The second kappa shape index (κ2) is 7.97. The highest BCUT2D eigenvalue weighted by Gasteiger charge is 2.32. The van der Waals surface area contributed by atoms with Gasteiger partial charge in [-0.1, -0.05) is 29.8 Å². The summed E-state index contributed by atoms with van der Waals surface area (Å²) in [5, 5.41) is 1.11. The van der Waals surface area contributed by atoms with Crippen molar-refractivity contribution in [2.75, 3.05) is 18.5 Å². The van der Waals surface area contributed by atoms with Crippen molar-refractivity contribution < 1.29 is 4.79 Å². The zero-order chi connectivity index (χ0) is 20.5. The van der Waals surface area contributed by atoms with Crippen LogP contribution in [0.25, 0.3) is 10.9 Å². The van der Waals surface area contributed by atoms with Gasteiger partial charge in [0.2, 0.25) is 5.91 Å². The summed E-state index contributed by atoms with van der Waals surface area (Å²) < 4.78 is 0. The lowest BCUT2D eigenvalue weighted by Gasteiger charge is -2.25. The Bertz CT molecular complexity index is 1120. The van der Waals surface area contributed by atoms with E-state index in [9.17, 15) is 9.59 Å². The van der Waals surface area contributed by atoms with Crippen LogP contribution in [0.2, 0.25) is 5.02 Å². The molecule has 1 amide bonds. The van der Waals surface area contributed by atoms with Crippen LogP contribution in [0, 0.1) is 6.92 Å². The Balaban J connectivity index is 1.54. The quantitative estimate of drug-likeness (QED) is 0.675. The van der Waals surface area contributed by atoms with Crippen molar-refractivity contribution in [3.05, 3.63) is 69.2 Å². The number of likely N-dealkylation sites (N-methyl/N-ethyl adjacent to an activating group) is 1. The van der Waals surface area contributed by atoms with Crippen LogP contribution in [0.1, 0.15) is 24.2 Å². The predicted molar refractivity (Wildman–Crippen MR) is 115 cm³/mol. The lowest BCUT2D eigenvalue weighted by atomic mass is 10.2. The van der Waals surface area contributed by atoms with Crippen LogP contribution >= 0.6 is 11.6 Å². The topological polar surface area (TPSA) is 69.3 Å². The van der Waals surface area contributed by atoms with E-state index in [2.05, 4.69) is 14.9 Å². The van der Waals surface area contributed by atoms with E-state index in [-0.39, 0.29) is 18.0 Å². The standard InChI is InChI=1S/C22H23ClN4O2/c1-14-7-10-16-18(11-14)24-20(25-22(16)29)12-27(15-8-9-15)13-21(28)26(2)19-6-4-3-5-17(19)23/h3-7,10-11,15H,8-9,12-13H2,1-2H3,(H,24,25,29). The Morgan fingerprint density at radius 1 is 1.24 bits per heavy atom. The zero-order valence-electron chi connectivity index (χ0n) is 16.5. The van der Waals surface area contributed by atoms with E-state index in [0.717, 1.165) is 18.4 Å². The number of aryl methyl sites for hydroxylation is 1. The van der Waals surface area contributed by atoms with E-state index in [1.54, 1.807) is 24.1 Å². The molecule has 1 aliphatic rings. The highest BCUT2D eigenvalue weighted by Crippen LogP contribution is 2.29. The van der Waals surface area contributed by atoms with Gasteiger partial charge in [-0.3, -0.25) is 14.5 Å². The van der Waals surface area contributed by atoms with Crippen LogP contribution in [-0.2, 0) is 11.3 Å². The number of H-pyrrole nitrogens is 1. The minimum atomic E-state index is -0.153. The summed E-state index contributed by atoms with van der Waals surface area (Å²) in [5.74, 6) is 0.525. The van der Waals surface area contributed by atoms with Gasteiger partial charge in [0.25, 0.3) is 5.56 Å². The molecule has 0 bridgehead atoms. The van der Waals surface area contributed by atoms with Crippen LogP contribution in [0.5, 0.6) is 0 Å². The Kier molecular flexibility index (Phi) is 5.39. The first-order chi connectivity index (χ1) is 13.9. The average Bonchev–Trinajstić information content (AvgIpc) is 3.52. The Morgan fingerprint density at radius 3 is 2.72 bits per heavy atom. The number of aromatic amines is 1. The van der Waals surface area contributed by atoms with Crippen molar-refractivity contribution in [2.45, 2.75) is 32.4 Å². The second-order valence-corrected chi connectivity index (χ2v) is 7.98. The van der Waals surface area contributed by atoms with Crippen molar-refractivity contribution in [1.82, 2.24) is 14.9 Å². The van der Waals surface area contributed by atoms with Crippen molar-refractivity contribution in [3.8, 4) is 0 Å². The van der Waals surface area contributed by atoms with E-state index in [1.165, 1.54) is 0 Å². The van der Waals surface area contributed by atoms with Crippen molar-refractivity contribution >= 4 is 34.1 Å². The first kappa shape index (κ1) is 19.6. The molecular weight excluding hydrogens is 388 g/mol. The zero-order valence-corrected chi connectivity index (χ0v) is 17.2. The van der Waals surface area contributed by atoms with Gasteiger partial charge in [0.15, 0.2) is 0 Å². The molecule has 0 radical (unpaired) electrons. The molecule has 1 heterocycles. The van der Waals surface area contributed by atoms with E-state index in [1.807, 2.05) is 37.3 Å². The van der Waals surface area contributed by atoms with Crippen molar-refractivity contribution in [2.24, 2.45) is 0 Å². The first-order valence-electron chi connectivity index (χ1n) is 9.67. The molecule has 0 unspecified atom stereocenters. The number of anilines is 1. The van der Waals surface area contributed by atoms with E-state index >= 15 is 0 Å². The number of rotatable bonds is 6. The maximum Gasteiger partial charge on any atom is 0.258 e. The van der Waals surface area contributed by atoms with Gasteiger partial charge in [-0.25, -0.2) is 4.98 Å². The molecule has 3 aromatic rings. The lowest BCUT2D eigenvalue weighted by molar-refractivity contribution is -0.119. The molecule has 150 valence electrons. The molecule has 6 nitrogen and oxygen atoms in total. The molecule has 1 saturated carbocycles. The molecule has 0 spiro atoms. The van der Waals surface area contributed by atoms with Gasteiger partial charge >= 0.3 is 0 Å². The second-order valence-electron chi connectivity index (χ2n) is 7.57. The summed E-state index contributed by atoms with van der Waals surface area (Å²) in [6, 6.07) is 13.2. The summed E-state index contributed by atoms with van der Waals surface area (Å²) in [7, 11) is 1.73. The molecule has 0 aliphatic heterocycles. The van der Waals surface area contributed by atoms with Gasteiger partial charge in [0.05, 0.1) is 34.7 Å². The number of fused-ring (bicyclic) bond motifs is 1. The van der Waals surface area contributed by atoms with Crippen LogP contribution < -0.4 is 10.5 Å². The van der Waals surface area contributed by atoms with Crippen LogP contribution in [0.15, 0.2) is 47.3 Å². The van der Waals surface area contributed by atoms with E-state index < -0.39 is 0 Å². The fourth-order valence-electron chi connectivity index (χ4n) is 3.46. The monoisotopic (exact) mass is 410 g/mol. The molecule has 7 heteroatoms. The molecule has 0 atom stereocenters. The van der Waals surface area contributed by atoms with Gasteiger partial charge in [0.1, 0.15) is 5.82 Å². The van der Waals surface area contributed by atoms with E-state index in [0.29, 0.717) is 40.0 Å². The summed E-state index contributed by atoms with van der Waals surface area (Å²) in [5.41, 5.74) is 2.26. The summed E-state index contributed by atoms with van der Waals surface area (Å²) in [4.78, 5) is 36.5. The Labute approximate surface area is 174 Å². The average molecular weight is 411 g/mol. The first-order valence-corrected chi connectivity index (χ1v) is 10.0. The van der Waals surface area contributed by atoms with Gasteiger partial charge < -0.3 is 9.88 Å². The molecule has 29 heavy (non-hydrogen) atoms. The number of nitrogens with one attached hydrogen (secondary N) is 1. The highest BCUT2D eigenvalue weighted by atomic mass is 35.5. The Morgan fingerprint density at radius 2 is 2.00 bits per heavy atom. The smallest absolute Gasteiger partial charge is 0.258 e. The Hall–Kier alpha value is -2.70. The molecule has 4 rings (SSSR count). The molecule has 1 aliphatic carbocycles. The number of hydrogen-bond donors (Lipinski definition) is 1. The third-order valence-corrected chi connectivity index (χ3v) is 5.57. The summed E-state index contributed by atoms with van der Waals surface area (Å²) in [6.07, 6.45) is 2.08. The van der Waals surface area contributed by atoms with Crippen LogP contribution in [0.4, 0.5) is 5.69 Å². The molecule has 1 aromatic heterocycles. The number of hydrogen-bond acceptors (Lipinski definition) is 4. The lowest BCUT2D eigenvalue weighted by Crippen LogP contribution is -2.40. The minimum Gasteiger partial charge on any atom is -0.313 e. The number of halogens is 1. The van der Waals surface area contributed by atoms with Crippen molar-refractivity contribution in [3.63, 3.8) is 0 Å². The molecule has 1 fully saturated rings. The largest absolute Gasteiger partial charge is 0.313 e. The predicted octanol–water partition coefficient (Wildman–Crippen LogP) is 3.51. The number of amides is 1. The molecule has 1 N–H and O–H groups in total. The van der Waals surface area contributed by atoms with Gasteiger partial charge in [-0.15, -0.1) is 0 Å². The van der Waals surface area contributed by atoms with Crippen LogP contribution in [0.3, 0.4) is 0 Å². The van der Waals surface area contributed by atoms with Gasteiger partial charge in [0, 0.05) is 13.1 Å². The van der Waals surface area contributed by atoms with Crippen LogP contribution in [-0.4, -0.2) is 40.4 Å². The summed E-state index contributed by atoms with van der Waals surface area (Å²) in [6.45, 7) is 2.63. The number of aromatic nitrogens is 2. The number of nitrogens with zero attached hydrogens (tertiary/aromatic N) is 3. The number of carbonyl (C=O) groups excluding carboxylic acids is 1. The third kappa shape index (κ3) is 4.33. The maximum absolute atomic E-state index is 12.9. The van der Waals surface area contributed by atoms with Gasteiger partial charge in [-0.05, 0) is 49.6 Å². The summed E-state index contributed by atoms with van der Waals surface area (Å²) >= 11 is 6.23. The molecular formula is C22H23ClN4O2. The fourth-order valence-corrected chi connectivity index (χ4v) is 3.72.